The zero-order valence-corrected chi connectivity index (χ0v) is 13.9. The predicted molar refractivity (Wildman–Crippen MR) is 80.9 cm³/mol. The standard InChI is InChI=1S/C13H17Cl2NO3S/c1-4-16(8-9(2)3)13(17)10-5-6-11(14)12(7-10)20(15,18)19/h5-7,9H,4,8H2,1-3H3. The summed E-state index contributed by atoms with van der Waals surface area (Å²) in [5, 5.41) is 0.00320. The van der Waals surface area contributed by atoms with Crippen LogP contribution in [0.4, 0.5) is 0 Å². The second-order valence-corrected chi connectivity index (χ2v) is 7.76. The van der Waals surface area contributed by atoms with E-state index < -0.39 is 9.05 Å². The van der Waals surface area contributed by atoms with Gasteiger partial charge in [-0.15, -0.1) is 0 Å². The Bertz CT molecular complexity index is 600. The lowest BCUT2D eigenvalue weighted by Gasteiger charge is -2.23. The Hall–Kier alpha value is -0.780. The van der Waals surface area contributed by atoms with E-state index in [0.29, 0.717) is 19.0 Å². The van der Waals surface area contributed by atoms with Crippen LogP contribution in [0.15, 0.2) is 23.1 Å². The van der Waals surface area contributed by atoms with Crippen molar-refractivity contribution in [1.82, 2.24) is 4.90 Å². The zero-order valence-electron chi connectivity index (χ0n) is 11.6. The van der Waals surface area contributed by atoms with E-state index in [2.05, 4.69) is 0 Å². The predicted octanol–water partition coefficient (Wildman–Crippen LogP) is 3.39. The summed E-state index contributed by atoms with van der Waals surface area (Å²) in [7, 11) is 1.33. The van der Waals surface area contributed by atoms with Crippen LogP contribution < -0.4 is 0 Å². The maximum absolute atomic E-state index is 12.3. The fraction of sp³-hybridized carbons (Fsp3) is 0.462. The van der Waals surface area contributed by atoms with Gasteiger partial charge in [-0.2, -0.15) is 0 Å². The normalized spacial score (nSPS) is 11.7. The van der Waals surface area contributed by atoms with Crippen molar-refractivity contribution in [2.75, 3.05) is 13.1 Å². The molecule has 0 aromatic heterocycles. The van der Waals surface area contributed by atoms with E-state index in [9.17, 15) is 13.2 Å². The van der Waals surface area contributed by atoms with Gasteiger partial charge in [-0.3, -0.25) is 4.79 Å². The molecule has 0 N–H and O–H groups in total. The minimum Gasteiger partial charge on any atom is -0.339 e. The number of nitrogens with zero attached hydrogens (tertiary/aromatic N) is 1. The maximum atomic E-state index is 12.3. The topological polar surface area (TPSA) is 54.5 Å². The molecular weight excluding hydrogens is 321 g/mol. The van der Waals surface area contributed by atoms with Crippen molar-refractivity contribution < 1.29 is 13.2 Å². The molecule has 0 saturated heterocycles. The van der Waals surface area contributed by atoms with Crippen LogP contribution in [0.3, 0.4) is 0 Å². The van der Waals surface area contributed by atoms with Gasteiger partial charge in [-0.1, -0.05) is 25.4 Å². The van der Waals surface area contributed by atoms with Crippen LogP contribution in [0.25, 0.3) is 0 Å². The first kappa shape index (κ1) is 17.3. The molecule has 112 valence electrons. The number of rotatable bonds is 5. The Morgan fingerprint density at radius 2 is 1.95 bits per heavy atom. The van der Waals surface area contributed by atoms with Gasteiger partial charge in [-0.25, -0.2) is 8.42 Å². The number of hydrogen-bond donors (Lipinski definition) is 0. The molecule has 0 aliphatic heterocycles. The molecule has 0 bridgehead atoms. The van der Waals surface area contributed by atoms with Crippen molar-refractivity contribution in [2.45, 2.75) is 25.7 Å². The number of amides is 1. The Morgan fingerprint density at radius 1 is 1.35 bits per heavy atom. The van der Waals surface area contributed by atoms with Gasteiger partial charge in [0.1, 0.15) is 4.90 Å². The number of halogens is 2. The average molecular weight is 338 g/mol. The van der Waals surface area contributed by atoms with E-state index in [4.69, 9.17) is 22.3 Å². The van der Waals surface area contributed by atoms with Crippen molar-refractivity contribution >= 4 is 37.2 Å². The molecule has 0 atom stereocenters. The lowest BCUT2D eigenvalue weighted by atomic mass is 10.1. The minimum absolute atomic E-state index is 0.00320. The highest BCUT2D eigenvalue weighted by molar-refractivity contribution is 8.13. The van der Waals surface area contributed by atoms with Gasteiger partial charge in [0.25, 0.3) is 15.0 Å². The molecule has 20 heavy (non-hydrogen) atoms. The molecule has 0 fully saturated rings. The highest BCUT2D eigenvalue weighted by atomic mass is 35.7. The summed E-state index contributed by atoms with van der Waals surface area (Å²) in [6, 6.07) is 4.09. The number of carbonyl (C=O) groups is 1. The SMILES string of the molecule is CCN(CC(C)C)C(=O)c1ccc(Cl)c(S(=O)(=O)Cl)c1. The monoisotopic (exact) mass is 337 g/mol. The number of hydrogen-bond acceptors (Lipinski definition) is 3. The fourth-order valence-corrected chi connectivity index (χ4v) is 3.29. The van der Waals surface area contributed by atoms with E-state index in [1.807, 2.05) is 20.8 Å². The van der Waals surface area contributed by atoms with Gasteiger partial charge in [-0.05, 0) is 31.0 Å². The summed E-state index contributed by atoms with van der Waals surface area (Å²) in [4.78, 5) is 13.8. The molecular formula is C13H17Cl2NO3S. The highest BCUT2D eigenvalue weighted by Crippen LogP contribution is 2.26. The first-order valence-corrected chi connectivity index (χ1v) is 8.89. The average Bonchev–Trinajstić information content (AvgIpc) is 2.34. The van der Waals surface area contributed by atoms with Crippen LogP contribution in [0.5, 0.6) is 0 Å². The van der Waals surface area contributed by atoms with E-state index in [1.165, 1.54) is 18.2 Å². The molecule has 0 aliphatic carbocycles. The Labute approximate surface area is 129 Å². The lowest BCUT2D eigenvalue weighted by Crippen LogP contribution is -2.34. The van der Waals surface area contributed by atoms with Crippen LogP contribution in [0.2, 0.25) is 5.02 Å². The van der Waals surface area contributed by atoms with Crippen LogP contribution in [-0.4, -0.2) is 32.3 Å². The van der Waals surface area contributed by atoms with Gasteiger partial charge in [0.05, 0.1) is 5.02 Å². The van der Waals surface area contributed by atoms with Crippen molar-refractivity contribution in [2.24, 2.45) is 5.92 Å². The quantitative estimate of drug-likeness (QED) is 0.774. The summed E-state index contributed by atoms with van der Waals surface area (Å²) < 4.78 is 22.8. The summed E-state index contributed by atoms with van der Waals surface area (Å²) in [5.74, 6) is 0.0851. The summed E-state index contributed by atoms with van der Waals surface area (Å²) in [6.07, 6.45) is 0. The molecule has 4 nitrogen and oxygen atoms in total. The molecule has 0 aliphatic rings. The third-order valence-corrected chi connectivity index (χ3v) is 4.50. The van der Waals surface area contributed by atoms with Crippen molar-refractivity contribution in [3.05, 3.63) is 28.8 Å². The largest absolute Gasteiger partial charge is 0.339 e. The lowest BCUT2D eigenvalue weighted by molar-refractivity contribution is 0.0745. The van der Waals surface area contributed by atoms with Crippen LogP contribution in [-0.2, 0) is 9.05 Å². The second kappa shape index (κ2) is 6.78. The molecule has 1 amide bonds. The smallest absolute Gasteiger partial charge is 0.262 e. The third kappa shape index (κ3) is 4.36. The van der Waals surface area contributed by atoms with Crippen molar-refractivity contribution in [1.29, 1.82) is 0 Å². The zero-order chi connectivity index (χ0) is 15.5. The molecule has 0 radical (unpaired) electrons. The molecule has 0 unspecified atom stereocenters. The van der Waals surface area contributed by atoms with Gasteiger partial charge in [0.15, 0.2) is 0 Å². The summed E-state index contributed by atoms with van der Waals surface area (Å²) >= 11 is 5.79. The van der Waals surface area contributed by atoms with Crippen LogP contribution in [0.1, 0.15) is 31.1 Å². The molecule has 1 aromatic rings. The maximum Gasteiger partial charge on any atom is 0.262 e. The first-order valence-electron chi connectivity index (χ1n) is 6.20. The molecule has 0 spiro atoms. The van der Waals surface area contributed by atoms with Gasteiger partial charge in [0, 0.05) is 29.3 Å². The molecule has 1 aromatic carbocycles. The molecule has 0 saturated carbocycles. The number of benzene rings is 1. The summed E-state index contributed by atoms with van der Waals surface area (Å²) in [6.45, 7) is 7.03. The van der Waals surface area contributed by atoms with Gasteiger partial charge >= 0.3 is 0 Å². The third-order valence-electron chi connectivity index (χ3n) is 2.70. The molecule has 7 heteroatoms. The van der Waals surface area contributed by atoms with Crippen LogP contribution >= 0.6 is 22.3 Å². The van der Waals surface area contributed by atoms with Gasteiger partial charge in [0.2, 0.25) is 0 Å². The fourth-order valence-electron chi connectivity index (χ4n) is 1.80. The van der Waals surface area contributed by atoms with E-state index in [0.717, 1.165) is 0 Å². The Morgan fingerprint density at radius 3 is 2.40 bits per heavy atom. The van der Waals surface area contributed by atoms with Gasteiger partial charge < -0.3 is 4.90 Å². The van der Waals surface area contributed by atoms with Crippen molar-refractivity contribution in [3.8, 4) is 0 Å². The van der Waals surface area contributed by atoms with E-state index in [1.54, 1.807) is 4.90 Å². The summed E-state index contributed by atoms with van der Waals surface area (Å²) in [5.41, 5.74) is 0.260. The van der Waals surface area contributed by atoms with Crippen molar-refractivity contribution in [3.63, 3.8) is 0 Å². The molecule has 0 heterocycles. The number of carbonyl (C=O) groups excluding carboxylic acids is 1. The second-order valence-electron chi connectivity index (χ2n) is 4.82. The highest BCUT2D eigenvalue weighted by Gasteiger charge is 2.20. The molecule has 1 rings (SSSR count). The minimum atomic E-state index is -3.98. The Balaban J connectivity index is 3.17. The van der Waals surface area contributed by atoms with E-state index in [-0.39, 0.29) is 21.4 Å². The van der Waals surface area contributed by atoms with Crippen LogP contribution in [0, 0.1) is 5.92 Å². The first-order chi connectivity index (χ1) is 9.16. The Kier molecular flexibility index (Phi) is 5.86. The van der Waals surface area contributed by atoms with E-state index >= 15 is 0 Å².